The number of halogens is 1. The van der Waals surface area contributed by atoms with Crippen molar-refractivity contribution in [3.63, 3.8) is 0 Å². The van der Waals surface area contributed by atoms with Gasteiger partial charge in [-0.15, -0.1) is 12.4 Å². The zero-order valence-corrected chi connectivity index (χ0v) is 12.4. The number of rotatable bonds is 2. The molecule has 2 nitrogen and oxygen atoms in total. The summed E-state index contributed by atoms with van der Waals surface area (Å²) in [6, 6.07) is 6.75. The van der Waals surface area contributed by atoms with E-state index in [2.05, 4.69) is 47.1 Å². The van der Waals surface area contributed by atoms with Crippen molar-refractivity contribution in [3.8, 4) is 0 Å². The monoisotopic (exact) mass is 284 g/mol. The zero-order chi connectivity index (χ0) is 11.7. The molecule has 0 radical (unpaired) electrons. The highest BCUT2D eigenvalue weighted by Gasteiger charge is 2.19. The molecule has 0 saturated carbocycles. The van der Waals surface area contributed by atoms with Gasteiger partial charge in [-0.25, -0.2) is 0 Å². The van der Waals surface area contributed by atoms with Gasteiger partial charge in [0.25, 0.3) is 0 Å². The van der Waals surface area contributed by atoms with Gasteiger partial charge in [0.05, 0.1) is 0 Å². The van der Waals surface area contributed by atoms with Crippen molar-refractivity contribution in [3.05, 3.63) is 29.3 Å². The lowest BCUT2D eigenvalue weighted by Crippen LogP contribution is -2.36. The van der Waals surface area contributed by atoms with E-state index in [4.69, 9.17) is 0 Å². The van der Waals surface area contributed by atoms with Crippen LogP contribution in [0.25, 0.3) is 0 Å². The molecule has 0 spiro atoms. The molecule has 0 aliphatic carbocycles. The first-order chi connectivity index (χ1) is 8.33. The van der Waals surface area contributed by atoms with Gasteiger partial charge in [0.15, 0.2) is 0 Å². The third-order valence-electron chi connectivity index (χ3n) is 3.65. The molecule has 3 rings (SSSR count). The summed E-state index contributed by atoms with van der Waals surface area (Å²) >= 11 is 2.10. The van der Waals surface area contributed by atoms with Crippen LogP contribution >= 0.6 is 24.2 Å². The van der Waals surface area contributed by atoms with Crippen LogP contribution < -0.4 is 5.32 Å². The molecule has 2 aliphatic rings. The van der Waals surface area contributed by atoms with E-state index in [1.807, 2.05) is 0 Å². The number of nitrogens with one attached hydrogen (secondary N) is 1. The average Bonchev–Trinajstić information content (AvgIpc) is 2.78. The van der Waals surface area contributed by atoms with Crippen LogP contribution in [0.3, 0.4) is 0 Å². The van der Waals surface area contributed by atoms with Crippen molar-refractivity contribution in [1.29, 1.82) is 0 Å². The lowest BCUT2D eigenvalue weighted by molar-refractivity contribution is 0.279. The molecule has 1 saturated heterocycles. The standard InChI is InChI=1S/C14H20N2S.ClH/c1-11-9-16(7-8-17-11)10-13-4-2-3-12-5-6-15-14(12)13;/h2-4,11,15H,5-10H2,1H3;1H. The molecule has 1 unspecified atom stereocenters. The van der Waals surface area contributed by atoms with E-state index in [0.717, 1.165) is 18.3 Å². The Morgan fingerprint density at radius 1 is 1.44 bits per heavy atom. The molecular weight excluding hydrogens is 264 g/mol. The van der Waals surface area contributed by atoms with Gasteiger partial charge in [0, 0.05) is 42.9 Å². The normalized spacial score (nSPS) is 23.1. The van der Waals surface area contributed by atoms with E-state index in [-0.39, 0.29) is 12.4 Å². The fourth-order valence-corrected chi connectivity index (χ4v) is 3.90. The van der Waals surface area contributed by atoms with Crippen molar-refractivity contribution in [2.24, 2.45) is 0 Å². The fourth-order valence-electron chi connectivity index (χ4n) is 2.82. The minimum absolute atomic E-state index is 0. The van der Waals surface area contributed by atoms with Crippen LogP contribution in [0, 0.1) is 0 Å². The molecule has 100 valence electrons. The molecule has 0 amide bonds. The summed E-state index contributed by atoms with van der Waals surface area (Å²) < 4.78 is 0. The molecule has 1 N–H and O–H groups in total. The van der Waals surface area contributed by atoms with E-state index in [1.165, 1.54) is 42.1 Å². The summed E-state index contributed by atoms with van der Waals surface area (Å²) in [6.07, 6.45) is 1.19. The number of hydrogen-bond acceptors (Lipinski definition) is 3. The van der Waals surface area contributed by atoms with Gasteiger partial charge in [0.2, 0.25) is 0 Å². The molecule has 1 aromatic carbocycles. The van der Waals surface area contributed by atoms with Gasteiger partial charge in [-0.1, -0.05) is 25.1 Å². The number of thioether (sulfide) groups is 1. The maximum absolute atomic E-state index is 3.54. The highest BCUT2D eigenvalue weighted by Crippen LogP contribution is 2.28. The number of nitrogens with zero attached hydrogens (tertiary/aromatic N) is 1. The Morgan fingerprint density at radius 3 is 3.17 bits per heavy atom. The summed E-state index contributed by atoms with van der Waals surface area (Å²) in [4.78, 5) is 2.59. The molecule has 2 heterocycles. The van der Waals surface area contributed by atoms with Crippen LogP contribution in [-0.2, 0) is 13.0 Å². The smallest absolute Gasteiger partial charge is 0.0419 e. The van der Waals surface area contributed by atoms with E-state index in [9.17, 15) is 0 Å². The number of anilines is 1. The molecule has 1 atom stereocenters. The van der Waals surface area contributed by atoms with Crippen LogP contribution in [0.5, 0.6) is 0 Å². The zero-order valence-electron chi connectivity index (χ0n) is 10.8. The van der Waals surface area contributed by atoms with Crippen LogP contribution in [0.4, 0.5) is 5.69 Å². The molecule has 2 aliphatic heterocycles. The molecule has 0 aromatic heterocycles. The Bertz CT molecular complexity index is 411. The maximum Gasteiger partial charge on any atom is 0.0419 e. The highest BCUT2D eigenvalue weighted by molar-refractivity contribution is 7.99. The summed E-state index contributed by atoms with van der Waals surface area (Å²) in [5, 5.41) is 4.32. The lowest BCUT2D eigenvalue weighted by atomic mass is 10.1. The van der Waals surface area contributed by atoms with Gasteiger partial charge in [0.1, 0.15) is 0 Å². The van der Waals surface area contributed by atoms with Gasteiger partial charge in [-0.2, -0.15) is 11.8 Å². The minimum Gasteiger partial charge on any atom is -0.384 e. The average molecular weight is 285 g/mol. The van der Waals surface area contributed by atoms with Crippen LogP contribution in [-0.4, -0.2) is 35.5 Å². The van der Waals surface area contributed by atoms with E-state index >= 15 is 0 Å². The van der Waals surface area contributed by atoms with Crippen molar-refractivity contribution in [2.45, 2.75) is 25.1 Å². The van der Waals surface area contributed by atoms with Gasteiger partial charge in [-0.05, 0) is 17.5 Å². The second kappa shape index (κ2) is 6.18. The number of benzene rings is 1. The quantitative estimate of drug-likeness (QED) is 0.899. The largest absolute Gasteiger partial charge is 0.384 e. The predicted octanol–water partition coefficient (Wildman–Crippen LogP) is 3.01. The molecule has 1 fully saturated rings. The fraction of sp³-hybridized carbons (Fsp3) is 0.571. The van der Waals surface area contributed by atoms with Crippen LogP contribution in [0.1, 0.15) is 18.1 Å². The summed E-state index contributed by atoms with van der Waals surface area (Å²) in [5.41, 5.74) is 4.40. The summed E-state index contributed by atoms with van der Waals surface area (Å²) in [5.74, 6) is 1.28. The first-order valence-electron chi connectivity index (χ1n) is 6.51. The second-order valence-electron chi connectivity index (χ2n) is 5.04. The number of para-hydroxylation sites is 1. The van der Waals surface area contributed by atoms with Gasteiger partial charge < -0.3 is 5.32 Å². The highest BCUT2D eigenvalue weighted by atomic mass is 35.5. The molecule has 1 aromatic rings. The first-order valence-corrected chi connectivity index (χ1v) is 7.56. The summed E-state index contributed by atoms with van der Waals surface area (Å²) in [7, 11) is 0. The maximum atomic E-state index is 3.54. The van der Waals surface area contributed by atoms with Crippen molar-refractivity contribution < 1.29 is 0 Å². The van der Waals surface area contributed by atoms with Crippen LogP contribution in [0.15, 0.2) is 18.2 Å². The molecular formula is C14H21ClN2S. The third kappa shape index (κ3) is 2.95. The SMILES string of the molecule is CC1CN(Cc2cccc3c2NCC3)CCS1.Cl. The van der Waals surface area contributed by atoms with Crippen molar-refractivity contribution in [2.75, 3.05) is 30.7 Å². The molecule has 4 heteroatoms. The predicted molar refractivity (Wildman–Crippen MR) is 83.1 cm³/mol. The van der Waals surface area contributed by atoms with E-state index < -0.39 is 0 Å². The Labute approximate surface area is 120 Å². The van der Waals surface area contributed by atoms with Crippen LogP contribution in [0.2, 0.25) is 0 Å². The van der Waals surface area contributed by atoms with Gasteiger partial charge in [-0.3, -0.25) is 4.90 Å². The second-order valence-corrected chi connectivity index (χ2v) is 6.59. The Hall–Kier alpha value is -0.380. The summed E-state index contributed by atoms with van der Waals surface area (Å²) in [6.45, 7) is 7.02. The minimum atomic E-state index is 0. The first kappa shape index (κ1) is 14.0. The Morgan fingerprint density at radius 2 is 2.33 bits per heavy atom. The van der Waals surface area contributed by atoms with Crippen molar-refractivity contribution in [1.82, 2.24) is 4.90 Å². The topological polar surface area (TPSA) is 15.3 Å². The van der Waals surface area contributed by atoms with Crippen molar-refractivity contribution >= 4 is 29.9 Å². The number of fused-ring (bicyclic) bond motifs is 1. The third-order valence-corrected chi connectivity index (χ3v) is 4.79. The molecule has 0 bridgehead atoms. The van der Waals surface area contributed by atoms with Gasteiger partial charge >= 0.3 is 0 Å². The molecule has 18 heavy (non-hydrogen) atoms. The van der Waals surface area contributed by atoms with E-state index in [0.29, 0.717) is 0 Å². The Balaban J connectivity index is 0.00000120. The Kier molecular flexibility index (Phi) is 4.82. The lowest BCUT2D eigenvalue weighted by Gasteiger charge is -2.31. The van der Waals surface area contributed by atoms with E-state index in [1.54, 1.807) is 0 Å². The number of hydrogen-bond donors (Lipinski definition) is 1.